The number of carboxylic acids is 1. The Morgan fingerprint density at radius 2 is 2.40 bits per heavy atom. The number of rotatable bonds is 6. The molecular formula is C12H16N2O3S3. The van der Waals surface area contributed by atoms with Gasteiger partial charge in [-0.15, -0.1) is 23.1 Å². The second kappa shape index (κ2) is 7.33. The van der Waals surface area contributed by atoms with Crippen LogP contribution < -0.4 is 0 Å². The smallest absolute Gasteiger partial charge is 0.327 e. The largest absolute Gasteiger partial charge is 0.480 e. The molecule has 0 radical (unpaired) electrons. The molecule has 1 fully saturated rings. The Bertz CT molecular complexity index is 492. The van der Waals surface area contributed by atoms with Gasteiger partial charge in [0.1, 0.15) is 6.04 Å². The second-order valence-corrected chi connectivity index (χ2v) is 7.55. The number of amides is 1. The Labute approximate surface area is 130 Å². The summed E-state index contributed by atoms with van der Waals surface area (Å²) >= 11 is 4.78. The summed E-state index contributed by atoms with van der Waals surface area (Å²) in [7, 11) is 0. The van der Waals surface area contributed by atoms with E-state index in [1.54, 1.807) is 23.1 Å². The zero-order valence-corrected chi connectivity index (χ0v) is 13.5. The molecule has 0 unspecified atom stereocenters. The van der Waals surface area contributed by atoms with Crippen molar-refractivity contribution >= 4 is 46.7 Å². The number of carbonyl (C=O) groups excluding carboxylic acids is 1. The minimum atomic E-state index is -0.908. The molecule has 1 saturated heterocycles. The van der Waals surface area contributed by atoms with Gasteiger partial charge in [0.25, 0.3) is 0 Å². The van der Waals surface area contributed by atoms with Crippen LogP contribution in [0.4, 0.5) is 0 Å². The summed E-state index contributed by atoms with van der Waals surface area (Å²) in [4.78, 5) is 28.8. The van der Waals surface area contributed by atoms with E-state index in [1.165, 1.54) is 16.7 Å². The summed E-state index contributed by atoms with van der Waals surface area (Å²) in [6.45, 7) is 1.97. The highest BCUT2D eigenvalue weighted by molar-refractivity contribution is 7.99. The lowest BCUT2D eigenvalue weighted by atomic mass is 10.3. The molecular weight excluding hydrogens is 316 g/mol. The Morgan fingerprint density at radius 3 is 3.05 bits per heavy atom. The zero-order chi connectivity index (χ0) is 14.5. The summed E-state index contributed by atoms with van der Waals surface area (Å²) in [6.07, 6.45) is 0.387. The van der Waals surface area contributed by atoms with Crippen molar-refractivity contribution in [2.24, 2.45) is 0 Å². The molecule has 5 nitrogen and oxygen atoms in total. The van der Waals surface area contributed by atoms with Gasteiger partial charge in [0.2, 0.25) is 5.91 Å². The highest BCUT2D eigenvalue weighted by atomic mass is 32.2. The highest BCUT2D eigenvalue weighted by Gasteiger charge is 2.33. The van der Waals surface area contributed by atoms with Crippen molar-refractivity contribution in [2.75, 3.05) is 17.4 Å². The van der Waals surface area contributed by atoms with Crippen molar-refractivity contribution in [3.8, 4) is 0 Å². The number of thioether (sulfide) groups is 2. The molecule has 0 aromatic carbocycles. The van der Waals surface area contributed by atoms with Gasteiger partial charge in [-0.3, -0.25) is 4.79 Å². The second-order valence-electron chi connectivity index (χ2n) is 4.38. The molecule has 110 valence electrons. The van der Waals surface area contributed by atoms with E-state index in [-0.39, 0.29) is 5.91 Å². The van der Waals surface area contributed by atoms with Gasteiger partial charge < -0.3 is 10.0 Å². The van der Waals surface area contributed by atoms with E-state index in [9.17, 15) is 9.59 Å². The van der Waals surface area contributed by atoms with E-state index < -0.39 is 12.0 Å². The van der Waals surface area contributed by atoms with Gasteiger partial charge in [0.15, 0.2) is 0 Å². The Kier molecular flexibility index (Phi) is 5.74. The Balaban J connectivity index is 1.71. The number of nitrogens with zero attached hydrogens (tertiary/aromatic N) is 2. The van der Waals surface area contributed by atoms with Crippen LogP contribution >= 0.6 is 34.9 Å². The molecule has 1 atom stereocenters. The fraction of sp³-hybridized carbons (Fsp3) is 0.583. The average molecular weight is 332 g/mol. The number of thiazole rings is 1. The summed E-state index contributed by atoms with van der Waals surface area (Å²) in [6, 6.07) is -0.654. The van der Waals surface area contributed by atoms with Crippen molar-refractivity contribution in [3.63, 3.8) is 0 Å². The Hall–Kier alpha value is -0.730. The Morgan fingerprint density at radius 1 is 1.60 bits per heavy atom. The van der Waals surface area contributed by atoms with Gasteiger partial charge in [-0.25, -0.2) is 9.78 Å². The topological polar surface area (TPSA) is 70.5 Å². The van der Waals surface area contributed by atoms with Crippen molar-refractivity contribution in [2.45, 2.75) is 25.1 Å². The van der Waals surface area contributed by atoms with Crippen LogP contribution in [0.5, 0.6) is 0 Å². The van der Waals surface area contributed by atoms with Crippen LogP contribution in [-0.2, 0) is 15.3 Å². The van der Waals surface area contributed by atoms with Gasteiger partial charge in [-0.2, -0.15) is 11.8 Å². The quantitative estimate of drug-likeness (QED) is 0.804. The maximum atomic E-state index is 12.0. The van der Waals surface area contributed by atoms with E-state index in [0.717, 1.165) is 16.5 Å². The number of aromatic nitrogens is 1. The lowest BCUT2D eigenvalue weighted by Gasteiger charge is -2.20. The zero-order valence-electron chi connectivity index (χ0n) is 11.1. The maximum Gasteiger partial charge on any atom is 0.327 e. The van der Waals surface area contributed by atoms with Gasteiger partial charge >= 0.3 is 5.97 Å². The molecule has 0 bridgehead atoms. The molecule has 0 saturated carbocycles. The van der Waals surface area contributed by atoms with Crippen LogP contribution in [0.15, 0.2) is 5.38 Å². The number of aryl methyl sites for hydroxylation is 1. The number of carbonyl (C=O) groups is 2. The number of aliphatic carboxylic acids is 1. The van der Waals surface area contributed by atoms with Crippen LogP contribution in [-0.4, -0.2) is 50.3 Å². The van der Waals surface area contributed by atoms with Gasteiger partial charge in [0, 0.05) is 29.1 Å². The third-order valence-electron chi connectivity index (χ3n) is 2.86. The van der Waals surface area contributed by atoms with Crippen LogP contribution in [0.3, 0.4) is 0 Å². The fourth-order valence-electron chi connectivity index (χ4n) is 1.85. The molecule has 1 aromatic rings. The molecule has 1 amide bonds. The normalized spacial score (nSPS) is 18.4. The number of hydrogen-bond acceptors (Lipinski definition) is 6. The average Bonchev–Trinajstić information content (AvgIpc) is 3.03. The first kappa shape index (κ1) is 15.7. The van der Waals surface area contributed by atoms with Crippen molar-refractivity contribution < 1.29 is 14.7 Å². The van der Waals surface area contributed by atoms with Gasteiger partial charge in [-0.1, -0.05) is 0 Å². The molecule has 1 aliphatic heterocycles. The maximum absolute atomic E-state index is 12.0. The molecule has 2 heterocycles. The highest BCUT2D eigenvalue weighted by Crippen LogP contribution is 2.23. The van der Waals surface area contributed by atoms with E-state index >= 15 is 0 Å². The molecule has 0 aliphatic carbocycles. The molecule has 20 heavy (non-hydrogen) atoms. The first-order chi connectivity index (χ1) is 9.58. The van der Waals surface area contributed by atoms with Crippen LogP contribution in [0.25, 0.3) is 0 Å². The third kappa shape index (κ3) is 4.13. The van der Waals surface area contributed by atoms with Gasteiger partial charge in [-0.05, 0) is 6.92 Å². The fourth-order valence-corrected chi connectivity index (χ4v) is 4.56. The molecule has 0 spiro atoms. The molecule has 2 rings (SSSR count). The van der Waals surface area contributed by atoms with Crippen LogP contribution in [0.1, 0.15) is 17.1 Å². The van der Waals surface area contributed by atoms with Gasteiger partial charge in [0.05, 0.1) is 16.6 Å². The number of hydrogen-bond donors (Lipinski definition) is 1. The predicted molar refractivity (Wildman–Crippen MR) is 83.2 cm³/mol. The first-order valence-corrected chi connectivity index (χ1v) is 9.35. The van der Waals surface area contributed by atoms with Crippen molar-refractivity contribution in [1.29, 1.82) is 0 Å². The molecule has 8 heteroatoms. The minimum absolute atomic E-state index is 0.0654. The lowest BCUT2D eigenvalue weighted by molar-refractivity contribution is -0.147. The van der Waals surface area contributed by atoms with Crippen LogP contribution in [0, 0.1) is 6.92 Å². The SMILES string of the molecule is Cc1nc(CSCCC(=O)N2CSC[C@H]2C(=O)O)cs1. The third-order valence-corrected chi connectivity index (χ3v) is 5.69. The lowest BCUT2D eigenvalue weighted by Crippen LogP contribution is -2.41. The summed E-state index contributed by atoms with van der Waals surface area (Å²) < 4.78 is 0. The van der Waals surface area contributed by atoms with E-state index in [1.807, 2.05) is 12.3 Å². The summed E-state index contributed by atoms with van der Waals surface area (Å²) in [5, 5.41) is 12.1. The van der Waals surface area contributed by atoms with Crippen LogP contribution in [0.2, 0.25) is 0 Å². The monoisotopic (exact) mass is 332 g/mol. The molecule has 1 N–H and O–H groups in total. The van der Waals surface area contributed by atoms with Crippen molar-refractivity contribution in [3.05, 3.63) is 16.1 Å². The molecule has 1 aliphatic rings. The molecule has 1 aromatic heterocycles. The van der Waals surface area contributed by atoms with E-state index in [4.69, 9.17) is 5.11 Å². The number of carboxylic acid groups (broad SMARTS) is 1. The van der Waals surface area contributed by atoms with E-state index in [2.05, 4.69) is 4.98 Å². The van der Waals surface area contributed by atoms with Crippen molar-refractivity contribution in [1.82, 2.24) is 9.88 Å². The minimum Gasteiger partial charge on any atom is -0.480 e. The predicted octanol–water partition coefficient (Wildman–Crippen LogP) is 2.06. The first-order valence-electron chi connectivity index (χ1n) is 6.16. The standard InChI is InChI=1S/C12H16N2O3S3/c1-8-13-9(5-20-8)4-18-3-2-11(15)14-7-19-6-10(14)12(16)17/h5,10H,2-4,6-7H2,1H3,(H,16,17)/t10-/m0/s1. The summed E-state index contributed by atoms with van der Waals surface area (Å²) in [5.41, 5.74) is 1.05. The van der Waals surface area contributed by atoms with E-state index in [0.29, 0.717) is 23.8 Å². The summed E-state index contributed by atoms with van der Waals surface area (Å²) in [5.74, 6) is 1.51.